The van der Waals surface area contributed by atoms with Crippen molar-refractivity contribution in [2.75, 3.05) is 19.6 Å². The summed E-state index contributed by atoms with van der Waals surface area (Å²) >= 11 is 0. The maximum absolute atomic E-state index is 6.14. The van der Waals surface area contributed by atoms with Gasteiger partial charge in [0.15, 0.2) is 0 Å². The molecule has 1 unspecified atom stereocenters. The molecule has 1 heterocycles. The summed E-state index contributed by atoms with van der Waals surface area (Å²) < 4.78 is 0. The highest BCUT2D eigenvalue weighted by molar-refractivity contribution is 4.88. The van der Waals surface area contributed by atoms with Crippen molar-refractivity contribution in [1.29, 1.82) is 0 Å². The van der Waals surface area contributed by atoms with E-state index in [2.05, 4.69) is 32.6 Å². The molecule has 1 fully saturated rings. The van der Waals surface area contributed by atoms with Gasteiger partial charge in [0.05, 0.1) is 0 Å². The van der Waals surface area contributed by atoms with Gasteiger partial charge in [0.1, 0.15) is 0 Å². The Morgan fingerprint density at radius 3 is 2.20 bits per heavy atom. The molecule has 0 radical (unpaired) electrons. The Hall–Kier alpha value is -0.0800. The molecule has 0 aromatic rings. The van der Waals surface area contributed by atoms with E-state index in [4.69, 9.17) is 5.73 Å². The van der Waals surface area contributed by atoms with Crippen LogP contribution in [-0.2, 0) is 0 Å². The van der Waals surface area contributed by atoms with Crippen molar-refractivity contribution in [3.8, 4) is 0 Å². The van der Waals surface area contributed by atoms with E-state index in [0.29, 0.717) is 5.41 Å². The molecule has 2 heteroatoms. The molecule has 0 amide bonds. The molecule has 0 aromatic heterocycles. The molecule has 1 aliphatic rings. The summed E-state index contributed by atoms with van der Waals surface area (Å²) in [6.45, 7) is 16.5. The van der Waals surface area contributed by atoms with E-state index in [0.717, 1.165) is 13.0 Å². The van der Waals surface area contributed by atoms with Crippen LogP contribution in [0.1, 0.15) is 54.4 Å². The number of likely N-dealkylation sites (tertiary alicyclic amines) is 1. The quantitative estimate of drug-likeness (QED) is 0.783. The Balaban J connectivity index is 0.000000921. The smallest absolute Gasteiger partial charge is 0.0252 e. The van der Waals surface area contributed by atoms with Crippen LogP contribution < -0.4 is 5.73 Å². The van der Waals surface area contributed by atoms with Crippen LogP contribution in [-0.4, -0.2) is 30.1 Å². The van der Waals surface area contributed by atoms with Crippen LogP contribution in [0.25, 0.3) is 0 Å². The molecule has 0 saturated carbocycles. The third-order valence-corrected chi connectivity index (χ3v) is 3.15. The monoisotopic (exact) mass is 214 g/mol. The molecular weight excluding hydrogens is 184 g/mol. The molecular formula is C13H30N2. The number of hydrogen-bond donors (Lipinski definition) is 1. The van der Waals surface area contributed by atoms with Crippen LogP contribution in [0, 0.1) is 5.41 Å². The minimum Gasteiger partial charge on any atom is -0.324 e. The summed E-state index contributed by atoms with van der Waals surface area (Å²) in [5, 5.41) is 0. The maximum atomic E-state index is 6.14. The number of nitrogens with two attached hydrogens (primary N) is 1. The van der Waals surface area contributed by atoms with Crippen LogP contribution in [0.15, 0.2) is 0 Å². The first-order valence-electron chi connectivity index (χ1n) is 6.36. The Morgan fingerprint density at radius 2 is 1.87 bits per heavy atom. The van der Waals surface area contributed by atoms with E-state index in [-0.39, 0.29) is 5.54 Å². The first-order chi connectivity index (χ1) is 6.85. The summed E-state index contributed by atoms with van der Waals surface area (Å²) in [5.41, 5.74) is 6.65. The van der Waals surface area contributed by atoms with Crippen LogP contribution in [0.5, 0.6) is 0 Å². The Labute approximate surface area is 96.2 Å². The predicted molar refractivity (Wildman–Crippen MR) is 69.1 cm³/mol. The number of hydrogen-bond acceptors (Lipinski definition) is 2. The largest absolute Gasteiger partial charge is 0.324 e. The zero-order valence-corrected chi connectivity index (χ0v) is 11.6. The zero-order chi connectivity index (χ0) is 12.1. The molecule has 15 heavy (non-hydrogen) atoms. The molecule has 1 saturated heterocycles. The van der Waals surface area contributed by atoms with E-state index < -0.39 is 0 Å². The van der Waals surface area contributed by atoms with Crippen molar-refractivity contribution >= 4 is 0 Å². The summed E-state index contributed by atoms with van der Waals surface area (Å²) in [6.07, 6.45) is 2.37. The lowest BCUT2D eigenvalue weighted by atomic mass is 9.93. The topological polar surface area (TPSA) is 29.3 Å². The van der Waals surface area contributed by atoms with E-state index in [1.165, 1.54) is 19.5 Å². The third kappa shape index (κ3) is 5.53. The zero-order valence-electron chi connectivity index (χ0n) is 11.6. The van der Waals surface area contributed by atoms with Crippen LogP contribution >= 0.6 is 0 Å². The highest BCUT2D eigenvalue weighted by Crippen LogP contribution is 2.29. The summed E-state index contributed by atoms with van der Waals surface area (Å²) in [4.78, 5) is 2.50. The molecule has 1 aliphatic heterocycles. The van der Waals surface area contributed by atoms with Crippen molar-refractivity contribution in [3.05, 3.63) is 0 Å². The lowest BCUT2D eigenvalue weighted by Crippen LogP contribution is -2.46. The van der Waals surface area contributed by atoms with Crippen molar-refractivity contribution < 1.29 is 0 Å². The second kappa shape index (κ2) is 5.86. The van der Waals surface area contributed by atoms with Crippen molar-refractivity contribution in [2.24, 2.45) is 11.1 Å². The van der Waals surface area contributed by atoms with Gasteiger partial charge in [-0.3, -0.25) is 0 Å². The fourth-order valence-corrected chi connectivity index (χ4v) is 1.98. The van der Waals surface area contributed by atoms with Gasteiger partial charge in [0.2, 0.25) is 0 Å². The fraction of sp³-hybridized carbons (Fsp3) is 1.00. The summed E-state index contributed by atoms with van der Waals surface area (Å²) in [5.74, 6) is 0. The summed E-state index contributed by atoms with van der Waals surface area (Å²) in [7, 11) is 0. The molecule has 0 aromatic carbocycles. The van der Waals surface area contributed by atoms with E-state index in [1.807, 2.05) is 13.8 Å². The standard InChI is InChI=1S/C11H24N2.C2H6/c1-5-11(4,12)9-13-7-6-10(2,3)8-13;1-2/h5-9,12H2,1-4H3;1-2H3. The molecule has 2 nitrogen and oxygen atoms in total. The lowest BCUT2D eigenvalue weighted by molar-refractivity contribution is 0.231. The van der Waals surface area contributed by atoms with Crippen molar-refractivity contribution in [1.82, 2.24) is 4.90 Å². The van der Waals surface area contributed by atoms with Gasteiger partial charge < -0.3 is 10.6 Å². The van der Waals surface area contributed by atoms with Gasteiger partial charge >= 0.3 is 0 Å². The molecule has 1 atom stereocenters. The van der Waals surface area contributed by atoms with Gasteiger partial charge in [-0.05, 0) is 31.7 Å². The maximum Gasteiger partial charge on any atom is 0.0252 e. The van der Waals surface area contributed by atoms with Crippen LogP contribution in [0.2, 0.25) is 0 Å². The fourth-order valence-electron chi connectivity index (χ4n) is 1.98. The Morgan fingerprint density at radius 1 is 1.33 bits per heavy atom. The predicted octanol–water partition coefficient (Wildman–Crippen LogP) is 2.87. The van der Waals surface area contributed by atoms with E-state index in [9.17, 15) is 0 Å². The Bertz CT molecular complexity index is 173. The lowest BCUT2D eigenvalue weighted by Gasteiger charge is -2.29. The number of rotatable bonds is 3. The van der Waals surface area contributed by atoms with Gasteiger partial charge in [-0.25, -0.2) is 0 Å². The SMILES string of the molecule is CC.CCC(C)(N)CN1CCC(C)(C)C1. The summed E-state index contributed by atoms with van der Waals surface area (Å²) in [6, 6.07) is 0. The minimum atomic E-state index is 0.000417. The average molecular weight is 214 g/mol. The van der Waals surface area contributed by atoms with Crippen molar-refractivity contribution in [3.63, 3.8) is 0 Å². The molecule has 0 spiro atoms. The molecule has 0 aliphatic carbocycles. The highest BCUT2D eigenvalue weighted by atomic mass is 15.2. The first-order valence-corrected chi connectivity index (χ1v) is 6.36. The van der Waals surface area contributed by atoms with Crippen LogP contribution in [0.3, 0.4) is 0 Å². The van der Waals surface area contributed by atoms with E-state index >= 15 is 0 Å². The molecule has 92 valence electrons. The third-order valence-electron chi connectivity index (χ3n) is 3.15. The van der Waals surface area contributed by atoms with Gasteiger partial charge in [0, 0.05) is 18.6 Å². The second-order valence-electron chi connectivity index (χ2n) is 5.63. The second-order valence-corrected chi connectivity index (χ2v) is 5.63. The van der Waals surface area contributed by atoms with Crippen molar-refractivity contribution in [2.45, 2.75) is 59.9 Å². The van der Waals surface area contributed by atoms with Crippen LogP contribution in [0.4, 0.5) is 0 Å². The normalized spacial score (nSPS) is 24.2. The van der Waals surface area contributed by atoms with Gasteiger partial charge in [-0.15, -0.1) is 0 Å². The van der Waals surface area contributed by atoms with Gasteiger partial charge in [-0.2, -0.15) is 0 Å². The van der Waals surface area contributed by atoms with Gasteiger partial charge in [0.25, 0.3) is 0 Å². The van der Waals surface area contributed by atoms with E-state index in [1.54, 1.807) is 0 Å². The average Bonchev–Trinajstić information content (AvgIpc) is 2.48. The molecule has 0 bridgehead atoms. The Kier molecular flexibility index (Phi) is 5.82. The minimum absolute atomic E-state index is 0.000417. The molecule has 2 N–H and O–H groups in total. The first kappa shape index (κ1) is 14.9. The highest BCUT2D eigenvalue weighted by Gasteiger charge is 2.31. The van der Waals surface area contributed by atoms with Gasteiger partial charge in [-0.1, -0.05) is 34.6 Å². The molecule has 1 rings (SSSR count). The number of nitrogens with zero attached hydrogens (tertiary/aromatic N) is 1.